The van der Waals surface area contributed by atoms with E-state index in [0.29, 0.717) is 0 Å². The van der Waals surface area contributed by atoms with E-state index < -0.39 is 17.5 Å². The van der Waals surface area contributed by atoms with Gasteiger partial charge in [-0.05, 0) is 6.42 Å². The molecule has 1 aliphatic carbocycles. The van der Waals surface area contributed by atoms with Crippen molar-refractivity contribution in [2.45, 2.75) is 12.6 Å². The second-order valence-corrected chi connectivity index (χ2v) is 4.10. The Morgan fingerprint density at radius 1 is 1.35 bits per heavy atom. The van der Waals surface area contributed by atoms with Gasteiger partial charge in [0.2, 0.25) is 5.91 Å². The maximum Gasteiger partial charge on any atom is 0.401 e. The molecular weight excluding hydrogens is 231 g/mol. The highest BCUT2D eigenvalue weighted by molar-refractivity contribution is 5.87. The summed E-state index contributed by atoms with van der Waals surface area (Å²) in [5, 5.41) is 0. The van der Waals surface area contributed by atoms with Crippen LogP contribution in [-0.4, -0.2) is 31.1 Å². The zero-order valence-corrected chi connectivity index (χ0v) is 9.66. The standard InChI is InChI=1S/C12H14F3NO/c1-16(2)10(17)6-9-11(12(13,14)15)7-4-3-5-8-11/h3-7,9H,8H2,1-2H3. The molecule has 1 atom stereocenters. The highest BCUT2D eigenvalue weighted by Gasteiger charge is 2.50. The van der Waals surface area contributed by atoms with Crippen molar-refractivity contribution >= 4 is 5.91 Å². The number of hydrogen-bond donors (Lipinski definition) is 0. The van der Waals surface area contributed by atoms with Gasteiger partial charge in [0.05, 0.1) is 0 Å². The van der Waals surface area contributed by atoms with Crippen LogP contribution >= 0.6 is 0 Å². The van der Waals surface area contributed by atoms with Crippen molar-refractivity contribution in [3.8, 4) is 0 Å². The quantitative estimate of drug-likeness (QED) is 0.685. The van der Waals surface area contributed by atoms with Crippen molar-refractivity contribution in [3.63, 3.8) is 0 Å². The van der Waals surface area contributed by atoms with Gasteiger partial charge in [-0.2, -0.15) is 13.2 Å². The minimum Gasteiger partial charge on any atom is -0.345 e. The molecule has 0 N–H and O–H groups in total. The molecule has 17 heavy (non-hydrogen) atoms. The predicted molar refractivity (Wildman–Crippen MR) is 59.2 cm³/mol. The molecule has 1 unspecified atom stereocenters. The molecule has 0 aromatic heterocycles. The number of nitrogens with zero attached hydrogens (tertiary/aromatic N) is 1. The molecule has 0 heterocycles. The van der Waals surface area contributed by atoms with Gasteiger partial charge in [0.25, 0.3) is 0 Å². The van der Waals surface area contributed by atoms with E-state index in [2.05, 4.69) is 0 Å². The van der Waals surface area contributed by atoms with E-state index in [-0.39, 0.29) is 6.42 Å². The van der Waals surface area contributed by atoms with Crippen LogP contribution < -0.4 is 0 Å². The van der Waals surface area contributed by atoms with E-state index in [4.69, 9.17) is 0 Å². The highest BCUT2D eigenvalue weighted by Crippen LogP contribution is 2.45. The first-order valence-corrected chi connectivity index (χ1v) is 5.10. The Morgan fingerprint density at radius 3 is 2.41 bits per heavy atom. The van der Waals surface area contributed by atoms with Gasteiger partial charge in [0.1, 0.15) is 5.41 Å². The molecule has 0 spiro atoms. The molecular formula is C12H14F3NO. The van der Waals surface area contributed by atoms with Crippen LogP contribution in [0.1, 0.15) is 6.42 Å². The van der Waals surface area contributed by atoms with Crippen LogP contribution in [0.25, 0.3) is 0 Å². The van der Waals surface area contributed by atoms with Crippen molar-refractivity contribution in [1.29, 1.82) is 0 Å². The van der Waals surface area contributed by atoms with Gasteiger partial charge in [-0.15, -0.1) is 0 Å². The zero-order valence-electron chi connectivity index (χ0n) is 9.66. The third-order valence-electron chi connectivity index (χ3n) is 2.59. The van der Waals surface area contributed by atoms with Gasteiger partial charge in [-0.1, -0.05) is 30.4 Å². The highest BCUT2D eigenvalue weighted by atomic mass is 19.4. The van der Waals surface area contributed by atoms with Crippen molar-refractivity contribution in [3.05, 3.63) is 36.5 Å². The molecule has 5 heteroatoms. The lowest BCUT2D eigenvalue weighted by Gasteiger charge is -2.30. The molecule has 1 rings (SSSR count). The van der Waals surface area contributed by atoms with Crippen molar-refractivity contribution in [1.82, 2.24) is 4.90 Å². The number of carbonyl (C=O) groups excluding carboxylic acids is 1. The third kappa shape index (κ3) is 2.99. The smallest absolute Gasteiger partial charge is 0.345 e. The van der Waals surface area contributed by atoms with E-state index in [1.54, 1.807) is 6.08 Å². The number of alkyl halides is 3. The maximum atomic E-state index is 13.0. The molecule has 0 saturated heterocycles. The van der Waals surface area contributed by atoms with Crippen LogP contribution in [0.5, 0.6) is 0 Å². The summed E-state index contributed by atoms with van der Waals surface area (Å²) in [7, 11) is 2.98. The van der Waals surface area contributed by atoms with E-state index in [1.165, 1.54) is 31.1 Å². The maximum absolute atomic E-state index is 13.0. The first-order chi connectivity index (χ1) is 7.78. The van der Waals surface area contributed by atoms with Crippen molar-refractivity contribution in [2.24, 2.45) is 5.41 Å². The van der Waals surface area contributed by atoms with E-state index in [1.807, 2.05) is 0 Å². The molecule has 0 aromatic carbocycles. The SMILES string of the molecule is CN(C)C(=O)C=CC1(C(F)(F)F)C=CC=CC1. The molecule has 94 valence electrons. The lowest BCUT2D eigenvalue weighted by atomic mass is 9.80. The fourth-order valence-corrected chi connectivity index (χ4v) is 1.43. The summed E-state index contributed by atoms with van der Waals surface area (Å²) >= 11 is 0. The number of hydrogen-bond acceptors (Lipinski definition) is 1. The number of amides is 1. The van der Waals surface area contributed by atoms with Crippen LogP contribution in [0.4, 0.5) is 13.2 Å². The second kappa shape index (κ2) is 4.77. The Kier molecular flexibility index (Phi) is 3.80. The summed E-state index contributed by atoms with van der Waals surface area (Å²) in [6.45, 7) is 0. The summed E-state index contributed by atoms with van der Waals surface area (Å²) in [5.41, 5.74) is -2.06. The van der Waals surface area contributed by atoms with E-state index in [9.17, 15) is 18.0 Å². The fourth-order valence-electron chi connectivity index (χ4n) is 1.43. The number of halogens is 3. The zero-order chi connectivity index (χ0) is 13.1. The number of carbonyl (C=O) groups is 1. The monoisotopic (exact) mass is 245 g/mol. The number of rotatable bonds is 2. The Balaban J connectivity index is 2.98. The Morgan fingerprint density at radius 2 is 2.00 bits per heavy atom. The van der Waals surface area contributed by atoms with Crippen LogP contribution in [0.3, 0.4) is 0 Å². The van der Waals surface area contributed by atoms with Crippen LogP contribution in [0.15, 0.2) is 36.5 Å². The van der Waals surface area contributed by atoms with E-state index >= 15 is 0 Å². The normalized spacial score (nSPS) is 24.3. The predicted octanol–water partition coefficient (Wildman–Crippen LogP) is 2.70. The van der Waals surface area contributed by atoms with Crippen molar-refractivity contribution in [2.75, 3.05) is 14.1 Å². The minimum atomic E-state index is -4.41. The Hall–Kier alpha value is -1.52. The molecule has 0 fully saturated rings. The topological polar surface area (TPSA) is 20.3 Å². The largest absolute Gasteiger partial charge is 0.401 e. The average Bonchev–Trinajstić information content (AvgIpc) is 2.25. The van der Waals surface area contributed by atoms with Crippen LogP contribution in [0, 0.1) is 5.41 Å². The third-order valence-corrected chi connectivity index (χ3v) is 2.59. The fraction of sp³-hybridized carbons (Fsp3) is 0.417. The minimum absolute atomic E-state index is 0.176. The number of allylic oxidation sites excluding steroid dienone is 5. The van der Waals surface area contributed by atoms with Crippen LogP contribution in [-0.2, 0) is 4.79 Å². The van der Waals surface area contributed by atoms with Gasteiger partial charge in [0.15, 0.2) is 0 Å². The average molecular weight is 245 g/mol. The Labute approximate surface area is 98.1 Å². The van der Waals surface area contributed by atoms with Crippen LogP contribution in [0.2, 0.25) is 0 Å². The van der Waals surface area contributed by atoms with E-state index in [0.717, 1.165) is 18.2 Å². The molecule has 1 aliphatic rings. The van der Waals surface area contributed by atoms with Gasteiger partial charge in [0, 0.05) is 20.2 Å². The molecule has 0 bridgehead atoms. The van der Waals surface area contributed by atoms with Gasteiger partial charge in [-0.25, -0.2) is 0 Å². The Bertz CT molecular complexity index is 380. The van der Waals surface area contributed by atoms with Crippen molar-refractivity contribution < 1.29 is 18.0 Å². The summed E-state index contributed by atoms with van der Waals surface area (Å²) in [6, 6.07) is 0. The first kappa shape index (κ1) is 13.5. The summed E-state index contributed by atoms with van der Waals surface area (Å²) in [6.07, 6.45) is 2.74. The first-order valence-electron chi connectivity index (χ1n) is 5.10. The lowest BCUT2D eigenvalue weighted by molar-refractivity contribution is -0.188. The van der Waals surface area contributed by atoms with Gasteiger partial charge in [-0.3, -0.25) is 4.79 Å². The summed E-state index contributed by atoms with van der Waals surface area (Å²) in [5.74, 6) is -0.462. The summed E-state index contributed by atoms with van der Waals surface area (Å²) in [4.78, 5) is 12.5. The molecule has 1 amide bonds. The molecule has 0 saturated carbocycles. The van der Waals surface area contributed by atoms with Gasteiger partial charge < -0.3 is 4.90 Å². The van der Waals surface area contributed by atoms with Gasteiger partial charge >= 0.3 is 6.18 Å². The molecule has 2 nitrogen and oxygen atoms in total. The molecule has 0 radical (unpaired) electrons. The summed E-state index contributed by atoms with van der Waals surface area (Å²) < 4.78 is 39.0. The lowest BCUT2D eigenvalue weighted by Crippen LogP contribution is -2.35. The molecule has 0 aromatic rings. The second-order valence-electron chi connectivity index (χ2n) is 4.10. The number of likely N-dealkylation sites (N-methyl/N-ethyl adjacent to an activating group) is 1. The molecule has 0 aliphatic heterocycles.